The Hall–Kier alpha value is -0.260. The van der Waals surface area contributed by atoms with Gasteiger partial charge in [-0.1, -0.05) is 52.2 Å². The third kappa shape index (κ3) is 3.94. The molecular formula is C12H24. The van der Waals surface area contributed by atoms with Crippen molar-refractivity contribution in [3.05, 3.63) is 11.6 Å². The molecule has 0 aliphatic heterocycles. The van der Waals surface area contributed by atoms with Gasteiger partial charge in [-0.2, -0.15) is 0 Å². The van der Waals surface area contributed by atoms with Crippen LogP contribution in [0.2, 0.25) is 0 Å². The highest BCUT2D eigenvalue weighted by Gasteiger charge is 2.10. The largest absolute Gasteiger partial charge is 0.0879 e. The average molecular weight is 168 g/mol. The van der Waals surface area contributed by atoms with E-state index in [1.807, 2.05) is 0 Å². The van der Waals surface area contributed by atoms with E-state index in [0.29, 0.717) is 0 Å². The van der Waals surface area contributed by atoms with Gasteiger partial charge in [0.25, 0.3) is 0 Å². The third-order valence-electron chi connectivity index (χ3n) is 2.56. The summed E-state index contributed by atoms with van der Waals surface area (Å²) in [6, 6.07) is 0. The van der Waals surface area contributed by atoms with Crippen LogP contribution >= 0.6 is 0 Å². The van der Waals surface area contributed by atoms with Crippen molar-refractivity contribution < 1.29 is 0 Å². The molecule has 0 saturated heterocycles. The van der Waals surface area contributed by atoms with Crippen LogP contribution in [-0.2, 0) is 0 Å². The van der Waals surface area contributed by atoms with E-state index in [1.165, 1.54) is 19.3 Å². The molecule has 0 saturated carbocycles. The van der Waals surface area contributed by atoms with E-state index in [1.54, 1.807) is 5.57 Å². The van der Waals surface area contributed by atoms with Gasteiger partial charge in [0.1, 0.15) is 0 Å². The lowest BCUT2D eigenvalue weighted by Gasteiger charge is -2.18. The second kappa shape index (κ2) is 6.28. The molecule has 72 valence electrons. The first-order chi connectivity index (χ1) is 5.63. The predicted octanol–water partition coefficient (Wildman–Crippen LogP) is 4.42. The fraction of sp³-hybridized carbons (Fsp3) is 0.833. The van der Waals surface area contributed by atoms with Crippen LogP contribution < -0.4 is 0 Å². The third-order valence-corrected chi connectivity index (χ3v) is 2.56. The minimum absolute atomic E-state index is 0.724. The summed E-state index contributed by atoms with van der Waals surface area (Å²) < 4.78 is 0. The SMILES string of the molecule is CC=C(C(C)C)C(C)CCCC. The predicted molar refractivity (Wildman–Crippen MR) is 57.3 cm³/mol. The Bertz CT molecular complexity index is 131. The number of allylic oxidation sites excluding steroid dienone is 2. The quantitative estimate of drug-likeness (QED) is 0.533. The van der Waals surface area contributed by atoms with E-state index in [9.17, 15) is 0 Å². The van der Waals surface area contributed by atoms with Gasteiger partial charge in [-0.15, -0.1) is 0 Å². The molecule has 1 atom stereocenters. The van der Waals surface area contributed by atoms with Crippen LogP contribution in [0.5, 0.6) is 0 Å². The molecule has 0 amide bonds. The van der Waals surface area contributed by atoms with E-state index >= 15 is 0 Å². The molecule has 0 nitrogen and oxygen atoms in total. The summed E-state index contributed by atoms with van der Waals surface area (Å²) in [5.74, 6) is 1.51. The molecule has 0 aliphatic rings. The zero-order chi connectivity index (χ0) is 9.56. The van der Waals surface area contributed by atoms with E-state index in [2.05, 4.69) is 40.7 Å². The second-order valence-electron chi connectivity index (χ2n) is 3.99. The monoisotopic (exact) mass is 168 g/mol. The molecule has 0 aromatic heterocycles. The van der Waals surface area contributed by atoms with Crippen molar-refractivity contribution in [3.8, 4) is 0 Å². The van der Waals surface area contributed by atoms with Gasteiger partial charge in [0.15, 0.2) is 0 Å². The van der Waals surface area contributed by atoms with Crippen molar-refractivity contribution >= 4 is 0 Å². The fourth-order valence-corrected chi connectivity index (χ4v) is 1.86. The molecular weight excluding hydrogens is 144 g/mol. The summed E-state index contributed by atoms with van der Waals surface area (Å²) in [5.41, 5.74) is 1.63. The van der Waals surface area contributed by atoms with Gasteiger partial charge in [0.05, 0.1) is 0 Å². The van der Waals surface area contributed by atoms with Crippen molar-refractivity contribution in [1.29, 1.82) is 0 Å². The first-order valence-corrected chi connectivity index (χ1v) is 5.29. The van der Waals surface area contributed by atoms with E-state index in [0.717, 1.165) is 11.8 Å². The lowest BCUT2D eigenvalue weighted by Crippen LogP contribution is -2.05. The smallest absolute Gasteiger partial charge is 0.0229 e. The molecule has 0 heteroatoms. The summed E-state index contributed by atoms with van der Waals surface area (Å²) >= 11 is 0. The highest BCUT2D eigenvalue weighted by Crippen LogP contribution is 2.23. The van der Waals surface area contributed by atoms with Crippen molar-refractivity contribution in [1.82, 2.24) is 0 Å². The summed E-state index contributed by atoms with van der Waals surface area (Å²) in [6.07, 6.45) is 6.34. The van der Waals surface area contributed by atoms with Gasteiger partial charge < -0.3 is 0 Å². The standard InChI is InChI=1S/C12H24/c1-6-8-9-11(5)12(7-2)10(3)4/h7,10-11H,6,8-9H2,1-5H3. The normalized spacial score (nSPS) is 15.3. The van der Waals surface area contributed by atoms with Gasteiger partial charge in [-0.25, -0.2) is 0 Å². The summed E-state index contributed by atoms with van der Waals surface area (Å²) in [6.45, 7) is 11.4. The minimum Gasteiger partial charge on any atom is -0.0879 e. The molecule has 0 rings (SSSR count). The van der Waals surface area contributed by atoms with Crippen molar-refractivity contribution in [2.75, 3.05) is 0 Å². The highest BCUT2D eigenvalue weighted by molar-refractivity contribution is 5.06. The number of hydrogen-bond donors (Lipinski definition) is 0. The molecule has 0 radical (unpaired) electrons. The molecule has 0 aromatic rings. The maximum Gasteiger partial charge on any atom is -0.0229 e. The maximum atomic E-state index is 2.35. The minimum atomic E-state index is 0.724. The van der Waals surface area contributed by atoms with Crippen LogP contribution in [0.15, 0.2) is 11.6 Å². The molecule has 0 fully saturated rings. The van der Waals surface area contributed by atoms with Gasteiger partial charge >= 0.3 is 0 Å². The second-order valence-corrected chi connectivity index (χ2v) is 3.99. The van der Waals surface area contributed by atoms with Gasteiger partial charge in [0.2, 0.25) is 0 Å². The van der Waals surface area contributed by atoms with Crippen LogP contribution in [-0.4, -0.2) is 0 Å². The molecule has 0 spiro atoms. The van der Waals surface area contributed by atoms with Gasteiger partial charge in [-0.05, 0) is 25.2 Å². The van der Waals surface area contributed by atoms with Crippen LogP contribution in [0.25, 0.3) is 0 Å². The average Bonchev–Trinajstić information content (AvgIpc) is 2.01. The first kappa shape index (κ1) is 11.7. The van der Waals surface area contributed by atoms with E-state index in [-0.39, 0.29) is 0 Å². The molecule has 12 heavy (non-hydrogen) atoms. The van der Waals surface area contributed by atoms with Crippen molar-refractivity contribution in [2.45, 2.75) is 53.9 Å². The van der Waals surface area contributed by atoms with Crippen molar-refractivity contribution in [3.63, 3.8) is 0 Å². The fourth-order valence-electron chi connectivity index (χ4n) is 1.86. The van der Waals surface area contributed by atoms with E-state index < -0.39 is 0 Å². The van der Waals surface area contributed by atoms with E-state index in [4.69, 9.17) is 0 Å². The Morgan fingerprint density at radius 2 is 1.83 bits per heavy atom. The van der Waals surface area contributed by atoms with Gasteiger partial charge in [0, 0.05) is 0 Å². The topological polar surface area (TPSA) is 0 Å². The Kier molecular flexibility index (Phi) is 6.14. The summed E-state index contributed by atoms with van der Waals surface area (Å²) in [4.78, 5) is 0. The molecule has 0 heterocycles. The van der Waals surface area contributed by atoms with Crippen molar-refractivity contribution in [2.24, 2.45) is 11.8 Å². The number of rotatable bonds is 5. The first-order valence-electron chi connectivity index (χ1n) is 5.29. The Balaban J connectivity index is 3.96. The zero-order valence-corrected chi connectivity index (χ0v) is 9.35. The maximum absolute atomic E-state index is 2.35. The van der Waals surface area contributed by atoms with Crippen LogP contribution in [0.1, 0.15) is 53.9 Å². The summed E-state index contributed by atoms with van der Waals surface area (Å²) in [7, 11) is 0. The van der Waals surface area contributed by atoms with Gasteiger partial charge in [-0.3, -0.25) is 0 Å². The number of hydrogen-bond acceptors (Lipinski definition) is 0. The summed E-state index contributed by atoms with van der Waals surface area (Å²) in [5, 5.41) is 0. The lowest BCUT2D eigenvalue weighted by molar-refractivity contribution is 0.520. The Labute approximate surface area is 78.1 Å². The molecule has 0 aliphatic carbocycles. The van der Waals surface area contributed by atoms with Crippen LogP contribution in [0.4, 0.5) is 0 Å². The van der Waals surface area contributed by atoms with Crippen LogP contribution in [0.3, 0.4) is 0 Å². The molecule has 0 bridgehead atoms. The zero-order valence-electron chi connectivity index (χ0n) is 9.35. The van der Waals surface area contributed by atoms with Crippen LogP contribution in [0, 0.1) is 11.8 Å². The lowest BCUT2D eigenvalue weighted by atomic mass is 9.88. The molecule has 0 aromatic carbocycles. The number of unbranched alkanes of at least 4 members (excludes halogenated alkanes) is 1. The molecule has 1 unspecified atom stereocenters. The highest BCUT2D eigenvalue weighted by atomic mass is 14.2. The Morgan fingerprint density at radius 3 is 2.17 bits per heavy atom. The Morgan fingerprint density at radius 1 is 1.25 bits per heavy atom. The molecule has 0 N–H and O–H groups in total.